The minimum atomic E-state index is -0.189. The number of rotatable bonds is 3. The molecule has 2 aromatic rings. The Balaban J connectivity index is 2.25. The first kappa shape index (κ1) is 14.8. The molecule has 2 aromatic carbocycles. The summed E-state index contributed by atoms with van der Waals surface area (Å²) in [4.78, 5) is 0. The molecule has 0 aromatic heterocycles. The SMILES string of the molecule is Cc1cc(I)ccc1NC(C)c1cc(Br)ccc1F. The van der Waals surface area contributed by atoms with Crippen molar-refractivity contribution >= 4 is 44.2 Å². The fraction of sp³-hybridized carbons (Fsp3) is 0.200. The number of hydrogen-bond acceptors (Lipinski definition) is 1. The van der Waals surface area contributed by atoms with Gasteiger partial charge in [0.25, 0.3) is 0 Å². The third-order valence-electron chi connectivity index (χ3n) is 2.99. The minimum Gasteiger partial charge on any atom is -0.378 e. The highest BCUT2D eigenvalue weighted by Crippen LogP contribution is 2.26. The molecule has 0 saturated carbocycles. The van der Waals surface area contributed by atoms with E-state index in [-0.39, 0.29) is 11.9 Å². The molecule has 1 nitrogen and oxygen atoms in total. The van der Waals surface area contributed by atoms with Crippen LogP contribution in [0.2, 0.25) is 0 Å². The largest absolute Gasteiger partial charge is 0.378 e. The molecular weight excluding hydrogens is 420 g/mol. The second-order valence-electron chi connectivity index (χ2n) is 4.49. The Morgan fingerprint density at radius 1 is 1.21 bits per heavy atom. The summed E-state index contributed by atoms with van der Waals surface area (Å²) in [5, 5.41) is 3.36. The Labute approximate surface area is 134 Å². The van der Waals surface area contributed by atoms with Crippen molar-refractivity contribution in [1.29, 1.82) is 0 Å². The highest BCUT2D eigenvalue weighted by atomic mass is 127. The average Bonchev–Trinajstić information content (AvgIpc) is 2.35. The van der Waals surface area contributed by atoms with Crippen molar-refractivity contribution < 1.29 is 4.39 Å². The number of nitrogens with one attached hydrogen (secondary N) is 1. The van der Waals surface area contributed by atoms with Crippen LogP contribution in [0.1, 0.15) is 24.1 Å². The third kappa shape index (κ3) is 3.69. The number of hydrogen-bond donors (Lipinski definition) is 1. The van der Waals surface area contributed by atoms with Gasteiger partial charge in [-0.1, -0.05) is 15.9 Å². The van der Waals surface area contributed by atoms with E-state index in [2.05, 4.69) is 56.8 Å². The monoisotopic (exact) mass is 433 g/mol. The number of anilines is 1. The summed E-state index contributed by atoms with van der Waals surface area (Å²) in [6.45, 7) is 4.01. The molecule has 0 radical (unpaired) electrons. The van der Waals surface area contributed by atoms with Crippen LogP contribution in [0, 0.1) is 16.3 Å². The van der Waals surface area contributed by atoms with Gasteiger partial charge < -0.3 is 5.32 Å². The molecule has 0 aliphatic heterocycles. The van der Waals surface area contributed by atoms with Crippen LogP contribution in [-0.2, 0) is 0 Å². The van der Waals surface area contributed by atoms with Crippen LogP contribution in [0.5, 0.6) is 0 Å². The fourth-order valence-electron chi connectivity index (χ4n) is 1.95. The first-order valence-electron chi connectivity index (χ1n) is 5.95. The van der Waals surface area contributed by atoms with Gasteiger partial charge in [0.05, 0.1) is 6.04 Å². The number of halogens is 3. The lowest BCUT2D eigenvalue weighted by atomic mass is 10.1. The Hall–Kier alpha value is -0.620. The number of benzene rings is 2. The van der Waals surface area contributed by atoms with Crippen molar-refractivity contribution in [3.8, 4) is 0 Å². The molecule has 0 spiro atoms. The molecule has 1 atom stereocenters. The predicted molar refractivity (Wildman–Crippen MR) is 90.0 cm³/mol. The molecule has 1 N–H and O–H groups in total. The predicted octanol–water partition coefficient (Wildman–Crippen LogP) is 5.67. The molecule has 0 aliphatic rings. The summed E-state index contributed by atoms with van der Waals surface area (Å²) in [6.07, 6.45) is 0. The standard InChI is InChI=1S/C15H14BrFIN/c1-9-7-12(18)4-6-15(9)19-10(2)13-8-11(16)3-5-14(13)17/h3-8,10,19H,1-2H3. The van der Waals surface area contributed by atoms with E-state index in [1.54, 1.807) is 6.07 Å². The minimum absolute atomic E-state index is 0.0868. The first-order chi connectivity index (χ1) is 8.97. The lowest BCUT2D eigenvalue weighted by Gasteiger charge is -2.18. The van der Waals surface area contributed by atoms with Crippen LogP contribution in [-0.4, -0.2) is 0 Å². The van der Waals surface area contributed by atoms with Crippen molar-refractivity contribution in [3.05, 3.63) is 61.4 Å². The zero-order valence-electron chi connectivity index (χ0n) is 10.7. The maximum Gasteiger partial charge on any atom is 0.128 e. The Kier molecular flexibility index (Phi) is 4.84. The van der Waals surface area contributed by atoms with E-state index >= 15 is 0 Å². The fourth-order valence-corrected chi connectivity index (χ4v) is 2.97. The highest BCUT2D eigenvalue weighted by molar-refractivity contribution is 14.1. The van der Waals surface area contributed by atoms with Crippen LogP contribution < -0.4 is 5.32 Å². The molecule has 4 heteroatoms. The van der Waals surface area contributed by atoms with Gasteiger partial charge in [0, 0.05) is 19.3 Å². The van der Waals surface area contributed by atoms with E-state index < -0.39 is 0 Å². The van der Waals surface area contributed by atoms with Crippen LogP contribution in [0.3, 0.4) is 0 Å². The van der Waals surface area contributed by atoms with Gasteiger partial charge in [-0.2, -0.15) is 0 Å². The van der Waals surface area contributed by atoms with Crippen molar-refractivity contribution in [2.75, 3.05) is 5.32 Å². The quantitative estimate of drug-likeness (QED) is 0.614. The summed E-state index contributed by atoms with van der Waals surface area (Å²) < 4.78 is 15.9. The van der Waals surface area contributed by atoms with Crippen molar-refractivity contribution in [2.24, 2.45) is 0 Å². The third-order valence-corrected chi connectivity index (χ3v) is 4.15. The average molecular weight is 434 g/mol. The maximum absolute atomic E-state index is 13.8. The zero-order valence-corrected chi connectivity index (χ0v) is 14.4. The van der Waals surface area contributed by atoms with Crippen molar-refractivity contribution in [2.45, 2.75) is 19.9 Å². The van der Waals surface area contributed by atoms with Gasteiger partial charge in [-0.05, 0) is 78.4 Å². The molecule has 1 unspecified atom stereocenters. The van der Waals surface area contributed by atoms with Gasteiger partial charge in [0.15, 0.2) is 0 Å². The summed E-state index contributed by atoms with van der Waals surface area (Å²) in [6, 6.07) is 11.1. The smallest absolute Gasteiger partial charge is 0.128 e. The Morgan fingerprint density at radius 2 is 1.95 bits per heavy atom. The van der Waals surface area contributed by atoms with E-state index in [0.29, 0.717) is 5.56 Å². The van der Waals surface area contributed by atoms with Gasteiger partial charge in [0.1, 0.15) is 5.82 Å². The van der Waals surface area contributed by atoms with E-state index in [0.717, 1.165) is 15.7 Å². The Bertz CT molecular complexity index is 601. The van der Waals surface area contributed by atoms with Gasteiger partial charge >= 0.3 is 0 Å². The molecule has 100 valence electrons. The van der Waals surface area contributed by atoms with Crippen LogP contribution >= 0.6 is 38.5 Å². The van der Waals surface area contributed by atoms with Gasteiger partial charge in [0.2, 0.25) is 0 Å². The first-order valence-corrected chi connectivity index (χ1v) is 7.82. The summed E-state index contributed by atoms with van der Waals surface area (Å²) in [7, 11) is 0. The molecule has 0 bridgehead atoms. The normalized spacial score (nSPS) is 12.3. The van der Waals surface area contributed by atoms with Gasteiger partial charge in [-0.15, -0.1) is 0 Å². The second kappa shape index (κ2) is 6.22. The van der Waals surface area contributed by atoms with Gasteiger partial charge in [-0.25, -0.2) is 4.39 Å². The molecule has 0 aliphatic carbocycles. The highest BCUT2D eigenvalue weighted by Gasteiger charge is 2.12. The van der Waals surface area contributed by atoms with Crippen molar-refractivity contribution in [3.63, 3.8) is 0 Å². The summed E-state index contributed by atoms with van der Waals surface area (Å²) in [5.74, 6) is -0.189. The maximum atomic E-state index is 13.8. The molecule has 19 heavy (non-hydrogen) atoms. The van der Waals surface area contributed by atoms with E-state index in [9.17, 15) is 4.39 Å². The lowest BCUT2D eigenvalue weighted by Crippen LogP contribution is -2.09. The van der Waals surface area contributed by atoms with Crippen LogP contribution in [0.25, 0.3) is 0 Å². The zero-order chi connectivity index (χ0) is 14.0. The molecule has 2 rings (SSSR count). The molecule has 0 fully saturated rings. The topological polar surface area (TPSA) is 12.0 Å². The summed E-state index contributed by atoms with van der Waals surface area (Å²) in [5.41, 5.74) is 2.86. The summed E-state index contributed by atoms with van der Waals surface area (Å²) >= 11 is 5.66. The molecular formula is C15H14BrFIN. The van der Waals surface area contributed by atoms with E-state index in [1.807, 2.05) is 25.1 Å². The van der Waals surface area contributed by atoms with Gasteiger partial charge in [-0.3, -0.25) is 0 Å². The van der Waals surface area contributed by atoms with E-state index in [1.165, 1.54) is 9.64 Å². The number of aryl methyl sites for hydroxylation is 1. The molecule has 0 amide bonds. The van der Waals surface area contributed by atoms with Crippen molar-refractivity contribution in [1.82, 2.24) is 0 Å². The molecule has 0 saturated heterocycles. The van der Waals surface area contributed by atoms with E-state index in [4.69, 9.17) is 0 Å². The van der Waals surface area contributed by atoms with Crippen LogP contribution in [0.4, 0.5) is 10.1 Å². The van der Waals surface area contributed by atoms with Crippen LogP contribution in [0.15, 0.2) is 40.9 Å². The Morgan fingerprint density at radius 3 is 2.63 bits per heavy atom. The molecule has 0 heterocycles. The lowest BCUT2D eigenvalue weighted by molar-refractivity contribution is 0.600. The second-order valence-corrected chi connectivity index (χ2v) is 6.65.